The van der Waals surface area contributed by atoms with Gasteiger partial charge in [0.1, 0.15) is 0 Å². The summed E-state index contributed by atoms with van der Waals surface area (Å²) in [7, 11) is 0. The van der Waals surface area contributed by atoms with E-state index in [-0.39, 0.29) is 17.1 Å². The van der Waals surface area contributed by atoms with Gasteiger partial charge in [-0.3, -0.25) is 14.9 Å². The van der Waals surface area contributed by atoms with E-state index >= 15 is 0 Å². The van der Waals surface area contributed by atoms with Gasteiger partial charge in [0.25, 0.3) is 5.91 Å². The van der Waals surface area contributed by atoms with E-state index in [1.165, 1.54) is 23.1 Å². The first kappa shape index (κ1) is 20.5. The molecule has 0 aliphatic heterocycles. The predicted octanol–water partition coefficient (Wildman–Crippen LogP) is 4.98. The van der Waals surface area contributed by atoms with Crippen LogP contribution in [0, 0.1) is 6.92 Å². The fourth-order valence-electron chi connectivity index (χ4n) is 2.20. The second-order valence-electron chi connectivity index (χ2n) is 5.92. The predicted molar refractivity (Wildman–Crippen MR) is 117 cm³/mol. The van der Waals surface area contributed by atoms with Crippen molar-refractivity contribution in [3.05, 3.63) is 64.1 Å². The zero-order valence-corrected chi connectivity index (χ0v) is 18.3. The van der Waals surface area contributed by atoms with Crippen LogP contribution in [0.25, 0.3) is 0 Å². The van der Waals surface area contributed by atoms with Gasteiger partial charge in [-0.15, -0.1) is 10.2 Å². The molecule has 0 saturated heterocycles. The van der Waals surface area contributed by atoms with Gasteiger partial charge in [0.15, 0.2) is 4.34 Å². The molecule has 2 amide bonds. The Morgan fingerprint density at radius 2 is 1.79 bits per heavy atom. The van der Waals surface area contributed by atoms with Gasteiger partial charge >= 0.3 is 0 Å². The van der Waals surface area contributed by atoms with Crippen molar-refractivity contribution >= 4 is 61.7 Å². The fourth-order valence-corrected chi connectivity index (χ4v) is 4.56. The number of carbonyl (C=O) groups is 2. The molecule has 2 N–H and O–H groups in total. The number of hydrogen-bond donors (Lipinski definition) is 2. The molecule has 1 atom stereocenters. The van der Waals surface area contributed by atoms with Crippen LogP contribution in [0.4, 0.5) is 10.8 Å². The zero-order chi connectivity index (χ0) is 20.1. The molecule has 0 unspecified atom stereocenters. The third-order valence-corrected chi connectivity index (χ3v) is 6.43. The molecule has 9 heteroatoms. The van der Waals surface area contributed by atoms with Gasteiger partial charge in [-0.05, 0) is 54.0 Å². The summed E-state index contributed by atoms with van der Waals surface area (Å²) in [6.45, 7) is 3.79. The van der Waals surface area contributed by atoms with Crippen LogP contribution in [-0.4, -0.2) is 27.3 Å². The smallest absolute Gasteiger partial charge is 0.258 e. The SMILES string of the molecule is Cc1ccc(NC(=O)[C@H](C)Sc2nnc(NC(=O)c3ccccc3Br)s2)cc1. The fraction of sp³-hybridized carbons (Fsp3) is 0.158. The Balaban J connectivity index is 1.57. The zero-order valence-electron chi connectivity index (χ0n) is 15.1. The van der Waals surface area contributed by atoms with Crippen molar-refractivity contribution in [1.82, 2.24) is 10.2 Å². The maximum Gasteiger partial charge on any atom is 0.258 e. The number of halogens is 1. The minimum atomic E-state index is -0.360. The van der Waals surface area contributed by atoms with Crippen molar-refractivity contribution in [3.8, 4) is 0 Å². The Labute approximate surface area is 179 Å². The number of benzene rings is 2. The molecular formula is C19H17BrN4O2S2. The maximum atomic E-state index is 12.4. The van der Waals surface area contributed by atoms with Gasteiger partial charge in [0, 0.05) is 10.2 Å². The monoisotopic (exact) mass is 476 g/mol. The molecule has 0 fully saturated rings. The Morgan fingerprint density at radius 3 is 2.50 bits per heavy atom. The lowest BCUT2D eigenvalue weighted by Gasteiger charge is -2.10. The minimum absolute atomic E-state index is 0.122. The number of thioether (sulfide) groups is 1. The molecule has 0 saturated carbocycles. The topological polar surface area (TPSA) is 84.0 Å². The quantitative estimate of drug-likeness (QED) is 0.387. The van der Waals surface area contributed by atoms with Gasteiger partial charge in [-0.1, -0.05) is 52.9 Å². The minimum Gasteiger partial charge on any atom is -0.325 e. The summed E-state index contributed by atoms with van der Waals surface area (Å²) in [6.07, 6.45) is 0. The van der Waals surface area contributed by atoms with E-state index in [1.807, 2.05) is 37.3 Å². The highest BCUT2D eigenvalue weighted by atomic mass is 79.9. The van der Waals surface area contributed by atoms with Crippen LogP contribution in [0.3, 0.4) is 0 Å². The summed E-state index contributed by atoms with van der Waals surface area (Å²) in [4.78, 5) is 24.7. The summed E-state index contributed by atoms with van der Waals surface area (Å²) < 4.78 is 1.31. The number of aryl methyl sites for hydroxylation is 1. The van der Waals surface area contributed by atoms with E-state index in [9.17, 15) is 9.59 Å². The van der Waals surface area contributed by atoms with Crippen molar-refractivity contribution < 1.29 is 9.59 Å². The highest BCUT2D eigenvalue weighted by Crippen LogP contribution is 2.30. The molecule has 0 radical (unpaired) electrons. The molecule has 1 heterocycles. The van der Waals surface area contributed by atoms with E-state index < -0.39 is 0 Å². The van der Waals surface area contributed by atoms with Crippen molar-refractivity contribution in [2.45, 2.75) is 23.4 Å². The molecular weight excluding hydrogens is 460 g/mol. The number of nitrogens with one attached hydrogen (secondary N) is 2. The normalized spacial score (nSPS) is 11.7. The van der Waals surface area contributed by atoms with E-state index in [0.29, 0.717) is 19.5 Å². The van der Waals surface area contributed by atoms with Crippen LogP contribution in [-0.2, 0) is 4.79 Å². The number of aromatic nitrogens is 2. The van der Waals surface area contributed by atoms with Crippen LogP contribution in [0.5, 0.6) is 0 Å². The summed E-state index contributed by atoms with van der Waals surface area (Å²) in [5.74, 6) is -0.395. The van der Waals surface area contributed by atoms with Gasteiger partial charge in [-0.25, -0.2) is 0 Å². The lowest BCUT2D eigenvalue weighted by atomic mass is 10.2. The molecule has 0 bridgehead atoms. The van der Waals surface area contributed by atoms with Gasteiger partial charge in [0.05, 0.1) is 10.8 Å². The Hall–Kier alpha value is -2.23. The number of hydrogen-bond acceptors (Lipinski definition) is 6. The Morgan fingerprint density at radius 1 is 1.07 bits per heavy atom. The average Bonchev–Trinajstić information content (AvgIpc) is 3.10. The van der Waals surface area contributed by atoms with Gasteiger partial charge < -0.3 is 5.32 Å². The lowest BCUT2D eigenvalue weighted by molar-refractivity contribution is -0.115. The molecule has 3 rings (SSSR count). The number of rotatable bonds is 6. The molecule has 144 valence electrons. The van der Waals surface area contributed by atoms with Crippen molar-refractivity contribution in [3.63, 3.8) is 0 Å². The molecule has 0 aliphatic rings. The van der Waals surface area contributed by atoms with Crippen LogP contribution >= 0.6 is 39.0 Å². The summed E-state index contributed by atoms with van der Waals surface area (Å²) in [6, 6.07) is 14.8. The number of amides is 2. The largest absolute Gasteiger partial charge is 0.325 e. The van der Waals surface area contributed by atoms with Crippen molar-refractivity contribution in [2.24, 2.45) is 0 Å². The van der Waals surface area contributed by atoms with E-state index in [1.54, 1.807) is 25.1 Å². The molecule has 2 aromatic carbocycles. The average molecular weight is 477 g/mol. The number of nitrogens with zero attached hydrogens (tertiary/aromatic N) is 2. The molecule has 0 spiro atoms. The third-order valence-electron chi connectivity index (χ3n) is 3.71. The third kappa shape index (κ3) is 5.40. The molecule has 28 heavy (non-hydrogen) atoms. The summed E-state index contributed by atoms with van der Waals surface area (Å²) >= 11 is 5.88. The second-order valence-corrected chi connectivity index (χ2v) is 9.34. The Kier molecular flexibility index (Phi) is 6.82. The van der Waals surface area contributed by atoms with Crippen LogP contribution in [0.15, 0.2) is 57.3 Å². The first-order valence-corrected chi connectivity index (χ1v) is 10.8. The van der Waals surface area contributed by atoms with Crippen LogP contribution in [0.1, 0.15) is 22.8 Å². The summed E-state index contributed by atoms with van der Waals surface area (Å²) in [5.41, 5.74) is 2.39. The maximum absolute atomic E-state index is 12.4. The second kappa shape index (κ2) is 9.31. The number of carbonyl (C=O) groups excluding carboxylic acids is 2. The highest BCUT2D eigenvalue weighted by Gasteiger charge is 2.18. The number of anilines is 2. The van der Waals surface area contributed by atoms with Crippen LogP contribution < -0.4 is 10.6 Å². The van der Waals surface area contributed by atoms with Crippen molar-refractivity contribution in [1.29, 1.82) is 0 Å². The molecule has 3 aromatic rings. The first-order chi connectivity index (χ1) is 13.4. The highest BCUT2D eigenvalue weighted by molar-refractivity contribution is 9.10. The first-order valence-electron chi connectivity index (χ1n) is 8.36. The lowest BCUT2D eigenvalue weighted by Crippen LogP contribution is -2.22. The van der Waals surface area contributed by atoms with Crippen molar-refractivity contribution in [2.75, 3.05) is 10.6 Å². The standard InChI is InChI=1S/C19H17BrN4O2S2/c1-11-7-9-13(10-8-11)21-16(25)12(2)27-19-24-23-18(28-19)22-17(26)14-5-3-4-6-15(14)20/h3-10,12H,1-2H3,(H,21,25)(H,22,23,26)/t12-/m0/s1. The Bertz CT molecular complexity index is 992. The molecule has 0 aliphatic carbocycles. The van der Waals surface area contributed by atoms with E-state index in [4.69, 9.17) is 0 Å². The molecule has 6 nitrogen and oxygen atoms in total. The van der Waals surface area contributed by atoms with Gasteiger partial charge in [-0.2, -0.15) is 0 Å². The van der Waals surface area contributed by atoms with Crippen LogP contribution in [0.2, 0.25) is 0 Å². The van der Waals surface area contributed by atoms with E-state index in [2.05, 4.69) is 36.8 Å². The van der Waals surface area contributed by atoms with Gasteiger partial charge in [0.2, 0.25) is 11.0 Å². The van der Waals surface area contributed by atoms with E-state index in [0.717, 1.165) is 11.3 Å². The summed E-state index contributed by atoms with van der Waals surface area (Å²) in [5, 5.41) is 13.7. The molecule has 1 aromatic heterocycles.